The first-order valence-corrected chi connectivity index (χ1v) is 14.7. The van der Waals surface area contributed by atoms with Crippen LogP contribution in [0, 0.1) is 0 Å². The third-order valence-corrected chi connectivity index (χ3v) is 9.56. The van der Waals surface area contributed by atoms with E-state index in [9.17, 15) is 13.2 Å². The number of para-hydroxylation sites is 1. The van der Waals surface area contributed by atoms with Gasteiger partial charge in [-0.2, -0.15) is 0 Å². The zero-order valence-electron chi connectivity index (χ0n) is 22.0. The number of benzene rings is 3. The van der Waals surface area contributed by atoms with Gasteiger partial charge in [-0.05, 0) is 61.4 Å². The summed E-state index contributed by atoms with van der Waals surface area (Å²) in [5.41, 5.74) is 0.746. The summed E-state index contributed by atoms with van der Waals surface area (Å²) >= 11 is 6.22. The topological polar surface area (TPSA) is 94.2 Å². The fourth-order valence-corrected chi connectivity index (χ4v) is 6.79. The van der Waals surface area contributed by atoms with Crippen molar-refractivity contribution in [3.05, 3.63) is 77.3 Å². The number of amides is 1. The van der Waals surface area contributed by atoms with Gasteiger partial charge in [0.2, 0.25) is 0 Å². The van der Waals surface area contributed by atoms with Crippen LogP contribution in [0.15, 0.2) is 71.6 Å². The van der Waals surface area contributed by atoms with Crippen molar-refractivity contribution in [3.63, 3.8) is 0 Å². The van der Waals surface area contributed by atoms with Crippen LogP contribution in [-0.4, -0.2) is 39.7 Å². The van der Waals surface area contributed by atoms with Crippen molar-refractivity contribution >= 4 is 33.2 Å². The lowest BCUT2D eigenvalue weighted by atomic mass is 9.83. The molecule has 0 spiro atoms. The van der Waals surface area contributed by atoms with E-state index in [1.165, 1.54) is 29.6 Å². The lowest BCUT2D eigenvalue weighted by Gasteiger charge is -2.42. The first-order valence-electron chi connectivity index (χ1n) is 12.9. The minimum absolute atomic E-state index is 0.0596. The summed E-state index contributed by atoms with van der Waals surface area (Å²) in [5.74, 6) is 1.12. The highest BCUT2D eigenvalue weighted by molar-refractivity contribution is 7.92. The molecule has 3 aromatic rings. The average Bonchev–Trinajstić information content (AvgIpc) is 2.96. The number of hydrogen-bond acceptors (Lipinski definition) is 6. The largest absolute Gasteiger partial charge is 0.497 e. The maximum atomic E-state index is 13.8. The smallest absolute Gasteiger partial charge is 0.264 e. The number of hydrogen-bond donors (Lipinski definition) is 1. The number of ether oxygens (including phenoxy) is 3. The molecular weight excluding hydrogens is 540 g/mol. The van der Waals surface area contributed by atoms with Gasteiger partial charge >= 0.3 is 0 Å². The Morgan fingerprint density at radius 1 is 1.08 bits per heavy atom. The van der Waals surface area contributed by atoms with Crippen molar-refractivity contribution < 1.29 is 27.4 Å². The second-order valence-electron chi connectivity index (χ2n) is 9.73. The van der Waals surface area contributed by atoms with Crippen LogP contribution in [0.4, 0.5) is 5.69 Å². The number of carbonyl (C=O) groups is 1. The molecule has 0 aromatic heterocycles. The van der Waals surface area contributed by atoms with Crippen molar-refractivity contribution in [2.75, 3.05) is 18.0 Å². The number of nitrogens with zero attached hydrogens (tertiary/aromatic N) is 1. The Morgan fingerprint density at radius 2 is 1.79 bits per heavy atom. The van der Waals surface area contributed by atoms with E-state index in [0.29, 0.717) is 17.2 Å². The highest BCUT2D eigenvalue weighted by Gasteiger charge is 2.42. The number of sulfonamides is 1. The quantitative estimate of drug-likeness (QED) is 0.403. The minimum Gasteiger partial charge on any atom is -0.497 e. The highest BCUT2D eigenvalue weighted by atomic mass is 35.5. The molecule has 2 heterocycles. The summed E-state index contributed by atoms with van der Waals surface area (Å²) in [6.07, 6.45) is 1.08. The third-order valence-electron chi connectivity index (χ3n) is 7.53. The second kappa shape index (κ2) is 10.6. The molecule has 0 radical (unpaired) electrons. The van der Waals surface area contributed by atoms with E-state index >= 15 is 0 Å². The van der Waals surface area contributed by atoms with E-state index in [1.54, 1.807) is 24.3 Å². The molecule has 206 valence electrons. The first-order chi connectivity index (χ1) is 18.7. The molecule has 1 N–H and O–H groups in total. The number of methoxy groups -OCH3 is 1. The van der Waals surface area contributed by atoms with Gasteiger partial charge < -0.3 is 19.5 Å². The van der Waals surface area contributed by atoms with Crippen LogP contribution in [0.5, 0.6) is 17.2 Å². The van der Waals surface area contributed by atoms with Gasteiger partial charge in [0.15, 0.2) is 6.10 Å². The molecule has 2 aliphatic rings. The molecule has 0 saturated carbocycles. The van der Waals surface area contributed by atoms with Gasteiger partial charge in [0.25, 0.3) is 15.9 Å². The number of rotatable bonds is 7. The van der Waals surface area contributed by atoms with Crippen LogP contribution >= 0.6 is 11.6 Å². The number of carbonyl (C=O) groups excluding carboxylic acids is 1. The molecule has 0 unspecified atom stereocenters. The van der Waals surface area contributed by atoms with Gasteiger partial charge in [-0.15, -0.1) is 0 Å². The number of nitrogens with one attached hydrogen (secondary N) is 1. The molecule has 2 atom stereocenters. The zero-order chi connectivity index (χ0) is 27.8. The first kappa shape index (κ1) is 27.1. The average molecular weight is 571 g/mol. The Morgan fingerprint density at radius 3 is 2.49 bits per heavy atom. The Bertz CT molecular complexity index is 1470. The second-order valence-corrected chi connectivity index (χ2v) is 12.0. The van der Waals surface area contributed by atoms with Crippen LogP contribution in [-0.2, 0) is 14.8 Å². The van der Waals surface area contributed by atoms with E-state index in [2.05, 4.69) is 19.2 Å². The van der Waals surface area contributed by atoms with Crippen LogP contribution in [0.3, 0.4) is 0 Å². The SMILES string of the molecule is CCC1(CC)C[C@H](NC(=O)[C@H]2CN(S(=O)(=O)c3ccc(OC)cc3)c3cc(Cl)ccc3O2)c2ccccc2O1. The Hall–Kier alpha value is -3.43. The van der Waals surface area contributed by atoms with E-state index in [4.69, 9.17) is 25.8 Å². The summed E-state index contributed by atoms with van der Waals surface area (Å²) in [5, 5.41) is 3.48. The lowest BCUT2D eigenvalue weighted by molar-refractivity contribution is -0.129. The predicted octanol–water partition coefficient (Wildman–Crippen LogP) is 5.50. The summed E-state index contributed by atoms with van der Waals surface area (Å²) in [6, 6.07) is 18.2. The molecule has 0 fully saturated rings. The van der Waals surface area contributed by atoms with Gasteiger partial charge in [-0.25, -0.2) is 8.42 Å². The molecule has 0 saturated heterocycles. The van der Waals surface area contributed by atoms with Crippen molar-refractivity contribution in [3.8, 4) is 17.2 Å². The normalized spacial score (nSPS) is 19.6. The molecule has 2 aliphatic heterocycles. The van der Waals surface area contributed by atoms with Crippen molar-refractivity contribution in [1.82, 2.24) is 5.32 Å². The Kier molecular flexibility index (Phi) is 7.39. The number of fused-ring (bicyclic) bond motifs is 2. The zero-order valence-corrected chi connectivity index (χ0v) is 23.6. The standard InChI is InChI=1S/C29H31ClN2O6S/c1-4-29(5-2)17-23(22-8-6-7-9-25(22)38-29)31-28(33)27-18-32(24-16-19(30)10-15-26(24)37-27)39(34,35)21-13-11-20(36-3)12-14-21/h6-16,23,27H,4-5,17-18H2,1-3H3,(H,31,33)/t23-,27+/m0/s1. The maximum Gasteiger partial charge on any atom is 0.264 e. The van der Waals surface area contributed by atoms with E-state index in [1.807, 2.05) is 24.3 Å². The van der Waals surface area contributed by atoms with Crippen molar-refractivity contribution in [1.29, 1.82) is 0 Å². The molecule has 1 amide bonds. The van der Waals surface area contributed by atoms with Crippen molar-refractivity contribution in [2.24, 2.45) is 0 Å². The number of halogens is 1. The van der Waals surface area contributed by atoms with E-state index < -0.39 is 27.6 Å². The Labute approximate surface area is 233 Å². The van der Waals surface area contributed by atoms with Crippen molar-refractivity contribution in [2.45, 2.75) is 55.8 Å². The summed E-state index contributed by atoms with van der Waals surface area (Å²) in [6.45, 7) is 3.93. The highest BCUT2D eigenvalue weighted by Crippen LogP contribution is 2.43. The fraction of sp³-hybridized carbons (Fsp3) is 0.345. The maximum absolute atomic E-state index is 13.8. The molecule has 10 heteroatoms. The predicted molar refractivity (Wildman–Crippen MR) is 149 cm³/mol. The summed E-state index contributed by atoms with van der Waals surface area (Å²) in [4.78, 5) is 13.8. The summed E-state index contributed by atoms with van der Waals surface area (Å²) < 4.78 is 46.3. The number of anilines is 1. The molecule has 3 aromatic carbocycles. The van der Waals surface area contributed by atoms with Crippen LogP contribution < -0.4 is 23.8 Å². The molecule has 0 aliphatic carbocycles. The fourth-order valence-electron chi connectivity index (χ4n) is 5.16. The van der Waals surface area contributed by atoms with Gasteiger partial charge in [0.05, 0.1) is 30.3 Å². The van der Waals surface area contributed by atoms with E-state index in [-0.39, 0.29) is 28.9 Å². The third kappa shape index (κ3) is 5.13. The molecule has 5 rings (SSSR count). The molecule has 8 nitrogen and oxygen atoms in total. The van der Waals surface area contributed by atoms with Gasteiger partial charge in [0.1, 0.15) is 22.8 Å². The Balaban J connectivity index is 1.46. The van der Waals surface area contributed by atoms with Gasteiger partial charge in [0, 0.05) is 17.0 Å². The van der Waals surface area contributed by atoms with Crippen LogP contribution in [0.2, 0.25) is 5.02 Å². The van der Waals surface area contributed by atoms with Gasteiger partial charge in [-0.3, -0.25) is 9.10 Å². The molecular formula is C29H31ClN2O6S. The molecule has 39 heavy (non-hydrogen) atoms. The van der Waals surface area contributed by atoms with E-state index in [0.717, 1.165) is 24.2 Å². The molecule has 0 bridgehead atoms. The monoisotopic (exact) mass is 570 g/mol. The lowest BCUT2D eigenvalue weighted by Crippen LogP contribution is -2.52. The van der Waals surface area contributed by atoms with Crippen LogP contribution in [0.25, 0.3) is 0 Å². The van der Waals surface area contributed by atoms with Crippen LogP contribution in [0.1, 0.15) is 44.7 Å². The van der Waals surface area contributed by atoms with Gasteiger partial charge in [-0.1, -0.05) is 43.6 Å². The summed E-state index contributed by atoms with van der Waals surface area (Å²) in [7, 11) is -2.54. The minimum atomic E-state index is -4.05.